The molecule has 0 atom stereocenters. The average molecular weight is 789 g/mol. The third kappa shape index (κ3) is 4.92. The minimum absolute atomic E-state index is 0.411. The highest BCUT2D eigenvalue weighted by Gasteiger charge is 2.52. The van der Waals surface area contributed by atoms with Crippen LogP contribution in [0.15, 0.2) is 218 Å². The second-order valence-corrected chi connectivity index (χ2v) is 16.3. The van der Waals surface area contributed by atoms with Crippen molar-refractivity contribution in [1.29, 1.82) is 0 Å². The lowest BCUT2D eigenvalue weighted by Crippen LogP contribution is -2.25. The van der Waals surface area contributed by atoms with Crippen LogP contribution < -0.4 is 0 Å². The van der Waals surface area contributed by atoms with Gasteiger partial charge in [0.05, 0.1) is 16.4 Å². The Morgan fingerprint density at radius 1 is 0.323 bits per heavy atom. The molecule has 62 heavy (non-hydrogen) atoms. The Morgan fingerprint density at radius 3 is 1.47 bits per heavy atom. The molecule has 0 aliphatic heterocycles. The third-order valence-corrected chi connectivity index (χ3v) is 13.1. The van der Waals surface area contributed by atoms with E-state index in [4.69, 9.17) is 15.0 Å². The first-order valence-electron chi connectivity index (χ1n) is 21.2. The molecule has 0 unspecified atom stereocenters. The smallest absolute Gasteiger partial charge is 0.164 e. The molecule has 0 saturated carbocycles. The van der Waals surface area contributed by atoms with Crippen molar-refractivity contribution in [2.45, 2.75) is 5.41 Å². The summed E-state index contributed by atoms with van der Waals surface area (Å²) in [6.45, 7) is 0. The summed E-state index contributed by atoms with van der Waals surface area (Å²) in [6, 6.07) is 78.6. The molecular weight excluding hydrogens is 753 g/mol. The summed E-state index contributed by atoms with van der Waals surface area (Å²) in [4.78, 5) is 14.9. The van der Waals surface area contributed by atoms with Crippen LogP contribution in [0.2, 0.25) is 0 Å². The van der Waals surface area contributed by atoms with Gasteiger partial charge in [0.15, 0.2) is 17.5 Å². The van der Waals surface area contributed by atoms with Gasteiger partial charge in [-0.2, -0.15) is 0 Å². The van der Waals surface area contributed by atoms with Crippen LogP contribution in [0.1, 0.15) is 22.3 Å². The van der Waals surface area contributed by atoms with Crippen LogP contribution in [0.3, 0.4) is 0 Å². The maximum atomic E-state index is 5.01. The summed E-state index contributed by atoms with van der Waals surface area (Å²) in [7, 11) is 0. The Bertz CT molecular complexity index is 3460. The van der Waals surface area contributed by atoms with Crippen LogP contribution in [0.4, 0.5) is 0 Å². The molecule has 2 aromatic heterocycles. The predicted octanol–water partition coefficient (Wildman–Crippen LogP) is 14.0. The molecule has 0 amide bonds. The standard InChI is InChI=1S/C58H36N4/c1-3-16-38(17-4-1)55-59-56(39-18-5-2-6-19-39)61-57(60-55)41-21-15-20-40(36-41)37-30-32-42(33-31-37)62-52-29-14-10-24-45(52)46-34-35-51-53(54(46)62)47-25-9-13-28-50(47)58(51)48-26-11-7-22-43(48)44-23-8-12-27-49(44)58/h1-36H. The number of fused-ring (bicyclic) bond motifs is 14. The Hall–Kier alpha value is -8.21. The molecule has 9 aromatic carbocycles. The maximum Gasteiger partial charge on any atom is 0.164 e. The van der Waals surface area contributed by atoms with Gasteiger partial charge in [0.25, 0.3) is 0 Å². The maximum absolute atomic E-state index is 5.01. The lowest BCUT2D eigenvalue weighted by atomic mass is 9.70. The number of nitrogens with zero attached hydrogens (tertiary/aromatic N) is 4. The van der Waals surface area contributed by atoms with Gasteiger partial charge in [-0.05, 0) is 74.3 Å². The summed E-state index contributed by atoms with van der Waals surface area (Å²) >= 11 is 0. The molecule has 2 aliphatic rings. The lowest BCUT2D eigenvalue weighted by Gasteiger charge is -2.30. The molecule has 0 saturated heterocycles. The fourth-order valence-electron chi connectivity index (χ4n) is 10.5. The van der Waals surface area contributed by atoms with Crippen molar-refractivity contribution in [2.75, 3.05) is 0 Å². The molecule has 2 heterocycles. The van der Waals surface area contributed by atoms with E-state index < -0.39 is 5.41 Å². The molecule has 288 valence electrons. The van der Waals surface area contributed by atoms with Gasteiger partial charge in [0, 0.05) is 38.7 Å². The Kier molecular flexibility index (Phi) is 7.49. The normalized spacial score (nSPS) is 13.0. The van der Waals surface area contributed by atoms with E-state index in [2.05, 4.69) is 162 Å². The van der Waals surface area contributed by atoms with Crippen molar-refractivity contribution in [3.05, 3.63) is 241 Å². The van der Waals surface area contributed by atoms with E-state index in [0.717, 1.165) is 33.5 Å². The third-order valence-electron chi connectivity index (χ3n) is 13.1. The van der Waals surface area contributed by atoms with Gasteiger partial charge in [-0.1, -0.05) is 194 Å². The van der Waals surface area contributed by atoms with E-state index in [0.29, 0.717) is 17.5 Å². The zero-order valence-electron chi connectivity index (χ0n) is 33.6. The van der Waals surface area contributed by atoms with Gasteiger partial charge < -0.3 is 4.57 Å². The van der Waals surface area contributed by atoms with Gasteiger partial charge in [-0.15, -0.1) is 0 Å². The molecule has 0 bridgehead atoms. The van der Waals surface area contributed by atoms with E-state index in [9.17, 15) is 0 Å². The first-order chi connectivity index (χ1) is 30.8. The van der Waals surface area contributed by atoms with Crippen LogP contribution in [0.5, 0.6) is 0 Å². The van der Waals surface area contributed by atoms with E-state index in [1.807, 2.05) is 60.7 Å². The minimum Gasteiger partial charge on any atom is -0.309 e. The van der Waals surface area contributed by atoms with Crippen LogP contribution in [0, 0.1) is 0 Å². The average Bonchev–Trinajstić information content (AvgIpc) is 3.96. The topological polar surface area (TPSA) is 43.6 Å². The first kappa shape index (κ1) is 34.6. The van der Waals surface area contributed by atoms with Gasteiger partial charge in [0.1, 0.15) is 0 Å². The molecule has 0 N–H and O–H groups in total. The number of hydrogen-bond acceptors (Lipinski definition) is 3. The second-order valence-electron chi connectivity index (χ2n) is 16.3. The Morgan fingerprint density at radius 2 is 0.823 bits per heavy atom. The number of aromatic nitrogens is 4. The Balaban J connectivity index is 0.970. The summed E-state index contributed by atoms with van der Waals surface area (Å²) < 4.78 is 2.49. The van der Waals surface area contributed by atoms with Crippen LogP contribution in [0.25, 0.3) is 95.0 Å². The predicted molar refractivity (Wildman–Crippen MR) is 252 cm³/mol. The molecule has 0 radical (unpaired) electrons. The van der Waals surface area contributed by atoms with Gasteiger partial charge in [-0.25, -0.2) is 15.0 Å². The fraction of sp³-hybridized carbons (Fsp3) is 0.0172. The van der Waals surface area contributed by atoms with Crippen LogP contribution >= 0.6 is 0 Å². The minimum atomic E-state index is -0.411. The highest BCUT2D eigenvalue weighted by Crippen LogP contribution is 2.64. The summed E-state index contributed by atoms with van der Waals surface area (Å²) in [5, 5.41) is 2.50. The van der Waals surface area contributed by atoms with Gasteiger partial charge in [0.2, 0.25) is 0 Å². The fourth-order valence-corrected chi connectivity index (χ4v) is 10.5. The van der Waals surface area contributed by atoms with E-state index >= 15 is 0 Å². The monoisotopic (exact) mass is 788 g/mol. The van der Waals surface area contributed by atoms with Crippen molar-refractivity contribution in [2.24, 2.45) is 0 Å². The zero-order valence-corrected chi connectivity index (χ0v) is 33.6. The number of para-hydroxylation sites is 1. The molecule has 4 nitrogen and oxygen atoms in total. The number of hydrogen-bond donors (Lipinski definition) is 0. The Labute approximate surface area is 359 Å². The quantitative estimate of drug-likeness (QED) is 0.174. The molecular formula is C58H36N4. The SMILES string of the molecule is c1ccc(-c2nc(-c3ccccc3)nc(-c3cccc(-c4ccc(-n5c6ccccc6c6ccc7c(c65)-c5ccccc5C75c6ccccc6-c6ccccc65)cc4)c3)n2)cc1. The summed E-state index contributed by atoms with van der Waals surface area (Å²) in [6.07, 6.45) is 0. The molecule has 13 rings (SSSR count). The molecule has 4 heteroatoms. The number of benzene rings is 9. The number of rotatable bonds is 5. The van der Waals surface area contributed by atoms with E-state index in [-0.39, 0.29) is 0 Å². The van der Waals surface area contributed by atoms with Crippen molar-refractivity contribution in [1.82, 2.24) is 19.5 Å². The van der Waals surface area contributed by atoms with Crippen molar-refractivity contribution >= 4 is 21.8 Å². The van der Waals surface area contributed by atoms with Crippen LogP contribution in [-0.4, -0.2) is 19.5 Å². The largest absolute Gasteiger partial charge is 0.309 e. The first-order valence-corrected chi connectivity index (χ1v) is 21.2. The van der Waals surface area contributed by atoms with Gasteiger partial charge in [-0.3, -0.25) is 0 Å². The van der Waals surface area contributed by atoms with Crippen molar-refractivity contribution in [3.63, 3.8) is 0 Å². The molecule has 1 spiro atoms. The summed E-state index contributed by atoms with van der Waals surface area (Å²) in [5.41, 5.74) is 18.8. The summed E-state index contributed by atoms with van der Waals surface area (Å²) in [5.74, 6) is 1.94. The van der Waals surface area contributed by atoms with Crippen molar-refractivity contribution < 1.29 is 0 Å². The highest BCUT2D eigenvalue weighted by molar-refractivity contribution is 6.16. The molecule has 11 aromatic rings. The zero-order chi connectivity index (χ0) is 40.8. The highest BCUT2D eigenvalue weighted by atomic mass is 15.0. The van der Waals surface area contributed by atoms with Crippen LogP contribution in [-0.2, 0) is 5.41 Å². The van der Waals surface area contributed by atoms with E-state index in [1.165, 1.54) is 66.3 Å². The van der Waals surface area contributed by atoms with E-state index in [1.54, 1.807) is 0 Å². The lowest BCUT2D eigenvalue weighted by molar-refractivity contribution is 0.794. The molecule has 2 aliphatic carbocycles. The molecule has 0 fully saturated rings. The second kappa shape index (κ2) is 13.4. The van der Waals surface area contributed by atoms with Gasteiger partial charge >= 0.3 is 0 Å². The van der Waals surface area contributed by atoms with Crippen molar-refractivity contribution in [3.8, 4) is 73.2 Å².